The lowest BCUT2D eigenvalue weighted by atomic mass is 9.91. The quantitative estimate of drug-likeness (QED) is 0.443. The highest BCUT2D eigenvalue weighted by atomic mass is 32.2. The molecule has 0 amide bonds. The number of aliphatic hydroxyl groups is 1. The monoisotopic (exact) mass is 503 g/mol. The molecule has 1 fully saturated rings. The normalized spacial score (nSPS) is 20.0. The molecule has 1 atom stereocenters. The van der Waals surface area contributed by atoms with Gasteiger partial charge in [-0.25, -0.2) is 18.5 Å². The third-order valence-electron chi connectivity index (χ3n) is 6.47. The fourth-order valence-corrected chi connectivity index (χ4v) is 5.80. The number of nitrogens with zero attached hydrogens (tertiary/aromatic N) is 4. The molecule has 4 heterocycles. The molecule has 3 aromatic rings. The number of ether oxygens (including phenoxy) is 2. The summed E-state index contributed by atoms with van der Waals surface area (Å²) in [5.41, 5.74) is 1.74. The van der Waals surface area contributed by atoms with Crippen molar-refractivity contribution in [2.75, 3.05) is 32.1 Å². The van der Waals surface area contributed by atoms with Crippen molar-refractivity contribution in [3.05, 3.63) is 36.0 Å². The number of benzene rings is 1. The summed E-state index contributed by atoms with van der Waals surface area (Å²) in [5.74, 6) is 0.456. The maximum absolute atomic E-state index is 13.2. The minimum Gasteiger partial charge on any atom is -0.493 e. The third-order valence-corrected chi connectivity index (χ3v) is 8.15. The first-order valence-corrected chi connectivity index (χ1v) is 12.6. The lowest BCUT2D eigenvalue weighted by Gasteiger charge is -2.25. The van der Waals surface area contributed by atoms with Crippen molar-refractivity contribution in [1.82, 2.24) is 24.5 Å². The first-order chi connectivity index (χ1) is 17.8. The summed E-state index contributed by atoms with van der Waals surface area (Å²) in [4.78, 5) is 8.19. The molecule has 186 valence electrons. The van der Waals surface area contributed by atoms with Crippen molar-refractivity contribution in [2.45, 2.75) is 37.4 Å². The Kier molecular flexibility index (Phi) is 5.02. The zero-order chi connectivity index (χ0) is 27.3. The van der Waals surface area contributed by atoms with Crippen LogP contribution < -0.4 is 14.8 Å². The van der Waals surface area contributed by atoms with E-state index in [0.717, 1.165) is 5.56 Å². The summed E-state index contributed by atoms with van der Waals surface area (Å²) >= 11 is 0. The second-order valence-electron chi connectivity index (χ2n) is 9.14. The number of hydrogen-bond acceptors (Lipinski definition) is 9. The van der Waals surface area contributed by atoms with Crippen molar-refractivity contribution in [3.63, 3.8) is 0 Å². The summed E-state index contributed by atoms with van der Waals surface area (Å²) in [6.45, 7) is 4.28. The molecule has 2 aromatic heterocycles. The Morgan fingerprint density at radius 1 is 1.37 bits per heavy atom. The average molecular weight is 504 g/mol. The van der Waals surface area contributed by atoms with Crippen molar-refractivity contribution in [1.29, 1.82) is 0 Å². The van der Waals surface area contributed by atoms with Crippen molar-refractivity contribution < 1.29 is 27.1 Å². The minimum atomic E-state index is -3.95. The van der Waals surface area contributed by atoms with Gasteiger partial charge in [0, 0.05) is 48.8 Å². The number of rotatable bonds is 7. The van der Waals surface area contributed by atoms with E-state index in [9.17, 15) is 13.5 Å². The number of aromatic nitrogens is 4. The standard InChI is InChI=1S/C23H28N6O5S/c1-23(2,30)15-7-10-29(13-15)35(31,32)22-26-21(27-28-22)25-20-16(4-5-18-17(20)8-11-34-18)14-6-9-24-19(12-14)33-3/h4-6,9,12,15,30H,7-8,10-11,13H2,1-3H3,(H2,25,26,27,28)/t15-/m0/s1/i3D3. The van der Waals surface area contributed by atoms with Gasteiger partial charge in [-0.3, -0.25) is 0 Å². The molecule has 12 heteroatoms. The van der Waals surface area contributed by atoms with E-state index < -0.39 is 22.7 Å². The molecule has 0 saturated carbocycles. The van der Waals surface area contributed by atoms with Crippen LogP contribution in [0.3, 0.4) is 0 Å². The van der Waals surface area contributed by atoms with Gasteiger partial charge in [-0.05, 0) is 44.0 Å². The average Bonchev–Trinajstić information content (AvgIpc) is 3.58. The number of anilines is 2. The Balaban J connectivity index is 1.45. The fraction of sp³-hybridized carbons (Fsp3) is 0.435. The number of hydrogen-bond donors (Lipinski definition) is 3. The molecule has 2 aliphatic heterocycles. The number of fused-ring (bicyclic) bond motifs is 1. The van der Waals surface area contributed by atoms with Gasteiger partial charge >= 0.3 is 0 Å². The predicted molar refractivity (Wildman–Crippen MR) is 128 cm³/mol. The van der Waals surface area contributed by atoms with E-state index in [1.807, 2.05) is 6.07 Å². The van der Waals surface area contributed by atoms with Crippen LogP contribution in [0.4, 0.5) is 11.6 Å². The molecule has 0 spiro atoms. The molecule has 0 aliphatic carbocycles. The second-order valence-corrected chi connectivity index (χ2v) is 11.0. The van der Waals surface area contributed by atoms with Gasteiger partial charge in [0.25, 0.3) is 15.2 Å². The smallest absolute Gasteiger partial charge is 0.278 e. The zero-order valence-corrected chi connectivity index (χ0v) is 20.1. The summed E-state index contributed by atoms with van der Waals surface area (Å²) < 4.78 is 60.4. The summed E-state index contributed by atoms with van der Waals surface area (Å²) in [7, 11) is -6.60. The first-order valence-electron chi connectivity index (χ1n) is 12.7. The number of pyridine rings is 1. The lowest BCUT2D eigenvalue weighted by molar-refractivity contribution is 0.0236. The largest absolute Gasteiger partial charge is 0.493 e. The van der Waals surface area contributed by atoms with Crippen LogP contribution in [0, 0.1) is 5.92 Å². The first kappa shape index (κ1) is 20.0. The van der Waals surface area contributed by atoms with Crippen molar-refractivity contribution in [2.24, 2.45) is 5.92 Å². The van der Waals surface area contributed by atoms with E-state index in [1.165, 1.54) is 16.6 Å². The van der Waals surface area contributed by atoms with Crippen LogP contribution in [0.5, 0.6) is 11.6 Å². The van der Waals surface area contributed by atoms with Crippen LogP contribution in [-0.2, 0) is 16.4 Å². The maximum atomic E-state index is 13.2. The second kappa shape index (κ2) is 8.77. The van der Waals surface area contributed by atoms with E-state index in [1.54, 1.807) is 26.0 Å². The lowest BCUT2D eigenvalue weighted by Crippen LogP contribution is -2.35. The Bertz CT molecular complexity index is 1450. The molecule has 2 aliphatic rings. The van der Waals surface area contributed by atoms with Crippen LogP contribution in [0.25, 0.3) is 11.1 Å². The third kappa shape index (κ3) is 4.44. The molecular formula is C23H28N6O5S. The van der Waals surface area contributed by atoms with Gasteiger partial charge in [0.15, 0.2) is 0 Å². The van der Waals surface area contributed by atoms with E-state index in [2.05, 4.69) is 25.5 Å². The molecule has 3 N–H and O–H groups in total. The van der Waals surface area contributed by atoms with Crippen LogP contribution in [0.2, 0.25) is 0 Å². The van der Waals surface area contributed by atoms with Gasteiger partial charge in [-0.2, -0.15) is 9.29 Å². The summed E-state index contributed by atoms with van der Waals surface area (Å²) in [6.07, 6.45) is 2.58. The number of methoxy groups -OCH3 is 1. The number of sulfonamides is 1. The van der Waals surface area contributed by atoms with Crippen LogP contribution in [0.1, 0.15) is 29.9 Å². The molecule has 0 unspecified atom stereocenters. The summed E-state index contributed by atoms with van der Waals surface area (Å²) in [6, 6.07) is 6.82. The SMILES string of the molecule is [2H]C([2H])([2H])Oc1cc(-c2ccc3c(c2Nc2n[nH]c(S(=O)(=O)N4CC[C@H](C(C)(C)O)C4)n2)CCO3)ccn1. The van der Waals surface area contributed by atoms with Crippen LogP contribution in [0.15, 0.2) is 35.6 Å². The number of H-pyrrole nitrogens is 1. The van der Waals surface area contributed by atoms with Gasteiger partial charge in [0.1, 0.15) is 5.75 Å². The zero-order valence-electron chi connectivity index (χ0n) is 22.3. The highest BCUT2D eigenvalue weighted by Crippen LogP contribution is 2.41. The van der Waals surface area contributed by atoms with Gasteiger partial charge in [-0.1, -0.05) is 0 Å². The maximum Gasteiger partial charge on any atom is 0.278 e. The molecule has 1 aromatic carbocycles. The molecular weight excluding hydrogens is 472 g/mol. The van der Waals surface area contributed by atoms with Gasteiger partial charge in [0.2, 0.25) is 11.8 Å². The number of nitrogens with one attached hydrogen (secondary N) is 2. The molecule has 5 rings (SSSR count). The van der Waals surface area contributed by atoms with Crippen molar-refractivity contribution >= 4 is 21.7 Å². The highest BCUT2D eigenvalue weighted by Gasteiger charge is 2.40. The van der Waals surface area contributed by atoms with E-state index in [0.29, 0.717) is 42.0 Å². The Hall–Kier alpha value is -3.22. The Morgan fingerprint density at radius 3 is 3.00 bits per heavy atom. The minimum absolute atomic E-state index is 0.0383. The van der Waals surface area contributed by atoms with Crippen LogP contribution in [-0.4, -0.2) is 70.3 Å². The van der Waals surface area contributed by atoms with Gasteiger partial charge in [0.05, 0.1) is 29.0 Å². The fourth-order valence-electron chi connectivity index (χ4n) is 4.47. The van der Waals surface area contributed by atoms with E-state index in [4.69, 9.17) is 13.6 Å². The molecule has 0 bridgehead atoms. The molecule has 11 nitrogen and oxygen atoms in total. The van der Waals surface area contributed by atoms with Gasteiger partial charge in [-0.15, -0.1) is 5.10 Å². The molecule has 1 saturated heterocycles. The topological polar surface area (TPSA) is 143 Å². The Morgan fingerprint density at radius 2 is 2.23 bits per heavy atom. The molecule has 35 heavy (non-hydrogen) atoms. The van der Waals surface area contributed by atoms with Crippen LogP contribution >= 0.6 is 0 Å². The van der Waals surface area contributed by atoms with E-state index >= 15 is 0 Å². The van der Waals surface area contributed by atoms with Gasteiger partial charge < -0.3 is 19.9 Å². The predicted octanol–water partition coefficient (Wildman–Crippen LogP) is 2.34. The van der Waals surface area contributed by atoms with E-state index in [-0.39, 0.29) is 36.0 Å². The molecule has 0 radical (unpaired) electrons. The number of aromatic amines is 1. The Labute approximate surface area is 207 Å². The van der Waals surface area contributed by atoms with Crippen molar-refractivity contribution in [3.8, 4) is 22.8 Å². The highest BCUT2D eigenvalue weighted by molar-refractivity contribution is 7.89. The summed E-state index contributed by atoms with van der Waals surface area (Å²) in [5, 5.41) is 19.7.